The molecule has 0 bridgehead atoms. The number of unbranched alkanes of at least 4 members (excludes halogenated alkanes) is 1. The van der Waals surface area contributed by atoms with Gasteiger partial charge in [-0.3, -0.25) is 5.43 Å². The number of esters is 1. The minimum absolute atomic E-state index is 0.315. The van der Waals surface area contributed by atoms with Crippen molar-refractivity contribution in [3.63, 3.8) is 0 Å². The van der Waals surface area contributed by atoms with Crippen LogP contribution in [0.1, 0.15) is 35.7 Å². The summed E-state index contributed by atoms with van der Waals surface area (Å²) >= 11 is 5.14. The van der Waals surface area contributed by atoms with Gasteiger partial charge >= 0.3 is 5.97 Å². The van der Waals surface area contributed by atoms with E-state index in [4.69, 9.17) is 26.4 Å². The highest BCUT2D eigenvalue weighted by molar-refractivity contribution is 7.80. The lowest BCUT2D eigenvalue weighted by Gasteiger charge is -2.10. The number of nitrogens with zero attached hydrogens (tertiary/aromatic N) is 1. The van der Waals surface area contributed by atoms with E-state index in [2.05, 4.69) is 22.8 Å². The maximum atomic E-state index is 12.3. The molecule has 0 heterocycles. The van der Waals surface area contributed by atoms with E-state index in [1.54, 1.807) is 55.8 Å². The fraction of sp³-hybridized carbons (Fsp3) is 0.286. The normalized spacial score (nSPS) is 10.4. The number of hydrogen-bond donors (Lipinski definition) is 2. The number of benzene rings is 2. The van der Waals surface area contributed by atoms with Gasteiger partial charge in [-0.1, -0.05) is 13.3 Å². The zero-order valence-corrected chi connectivity index (χ0v) is 17.5. The molecule has 0 saturated heterocycles. The van der Waals surface area contributed by atoms with E-state index in [1.807, 2.05) is 0 Å². The Balaban J connectivity index is 1.99. The smallest absolute Gasteiger partial charge is 0.343 e. The molecule has 2 rings (SSSR count). The van der Waals surface area contributed by atoms with Crippen molar-refractivity contribution in [3.05, 3.63) is 53.6 Å². The maximum Gasteiger partial charge on any atom is 0.343 e. The zero-order chi connectivity index (χ0) is 21.1. The summed E-state index contributed by atoms with van der Waals surface area (Å²) in [5.41, 5.74) is 3.93. The molecule has 2 aromatic rings. The molecule has 0 saturated carbocycles. The van der Waals surface area contributed by atoms with Crippen LogP contribution in [0.2, 0.25) is 0 Å². The molecule has 154 valence electrons. The van der Waals surface area contributed by atoms with E-state index >= 15 is 0 Å². The second-order valence-corrected chi connectivity index (χ2v) is 6.42. The summed E-state index contributed by atoms with van der Waals surface area (Å²) < 4.78 is 15.9. The Morgan fingerprint density at radius 1 is 1.10 bits per heavy atom. The number of thiocarbonyl (C=S) groups is 1. The minimum atomic E-state index is -0.488. The summed E-state index contributed by atoms with van der Waals surface area (Å²) in [7, 11) is 3.07. The third kappa shape index (κ3) is 7.08. The second kappa shape index (κ2) is 11.7. The van der Waals surface area contributed by atoms with Crippen LogP contribution in [-0.4, -0.2) is 38.1 Å². The molecule has 7 nitrogen and oxygen atoms in total. The summed E-state index contributed by atoms with van der Waals surface area (Å²) in [4.78, 5) is 12.3. The van der Waals surface area contributed by atoms with Crippen LogP contribution < -0.4 is 25.0 Å². The number of rotatable bonds is 9. The number of hydrogen-bond acceptors (Lipinski definition) is 6. The standard InChI is InChI=1S/C21H25N3O4S/c1-4-5-12-22-21(29)24-23-14-15-6-11-18(19(13-15)27-3)28-20(25)16-7-9-17(26-2)10-8-16/h6-11,13-14H,4-5,12H2,1-3H3,(H2,22,24,29). The van der Waals surface area contributed by atoms with Gasteiger partial charge in [0.15, 0.2) is 16.6 Å². The molecule has 0 radical (unpaired) electrons. The summed E-state index contributed by atoms with van der Waals surface area (Å²) in [6, 6.07) is 11.8. The van der Waals surface area contributed by atoms with Crippen LogP contribution in [0, 0.1) is 0 Å². The van der Waals surface area contributed by atoms with Crippen LogP contribution in [-0.2, 0) is 0 Å². The van der Waals surface area contributed by atoms with E-state index in [0.717, 1.165) is 24.9 Å². The van der Waals surface area contributed by atoms with E-state index in [9.17, 15) is 4.79 Å². The summed E-state index contributed by atoms with van der Waals surface area (Å²) in [6.45, 7) is 2.92. The van der Waals surface area contributed by atoms with Crippen LogP contribution >= 0.6 is 12.2 Å². The summed E-state index contributed by atoms with van der Waals surface area (Å²) in [5, 5.41) is 7.62. The molecule has 2 N–H and O–H groups in total. The Bertz CT molecular complexity index is 854. The topological polar surface area (TPSA) is 81.2 Å². The zero-order valence-electron chi connectivity index (χ0n) is 16.7. The fourth-order valence-corrected chi connectivity index (χ4v) is 2.47. The van der Waals surface area contributed by atoms with Crippen molar-refractivity contribution < 1.29 is 19.0 Å². The van der Waals surface area contributed by atoms with Gasteiger partial charge in [0.05, 0.1) is 26.0 Å². The molecule has 2 aromatic carbocycles. The first-order valence-electron chi connectivity index (χ1n) is 9.18. The lowest BCUT2D eigenvalue weighted by Crippen LogP contribution is -2.32. The Labute approximate surface area is 176 Å². The molecule has 0 spiro atoms. The van der Waals surface area contributed by atoms with Crippen LogP contribution in [0.25, 0.3) is 0 Å². The number of methoxy groups -OCH3 is 2. The van der Waals surface area contributed by atoms with Crippen LogP contribution in [0.5, 0.6) is 17.2 Å². The van der Waals surface area contributed by atoms with Gasteiger partial charge in [-0.25, -0.2) is 4.79 Å². The number of ether oxygens (including phenoxy) is 3. The monoisotopic (exact) mass is 415 g/mol. The quantitative estimate of drug-likeness (QED) is 0.162. The Kier molecular flexibility index (Phi) is 8.91. The van der Waals surface area contributed by atoms with Crippen molar-refractivity contribution in [2.75, 3.05) is 20.8 Å². The van der Waals surface area contributed by atoms with Crippen molar-refractivity contribution in [1.29, 1.82) is 0 Å². The molecule has 0 aromatic heterocycles. The van der Waals surface area contributed by atoms with E-state index in [0.29, 0.717) is 27.9 Å². The van der Waals surface area contributed by atoms with Crippen molar-refractivity contribution in [3.8, 4) is 17.2 Å². The van der Waals surface area contributed by atoms with Crippen LogP contribution in [0.4, 0.5) is 0 Å². The molecule has 8 heteroatoms. The van der Waals surface area contributed by atoms with Gasteiger partial charge in [0, 0.05) is 6.54 Å². The molecular formula is C21H25N3O4S. The predicted molar refractivity (Wildman–Crippen MR) is 117 cm³/mol. The van der Waals surface area contributed by atoms with Gasteiger partial charge in [0.1, 0.15) is 5.75 Å². The second-order valence-electron chi connectivity index (χ2n) is 6.01. The molecule has 0 aliphatic heterocycles. The Hall–Kier alpha value is -3.13. The van der Waals surface area contributed by atoms with E-state index < -0.39 is 5.97 Å². The number of nitrogens with one attached hydrogen (secondary N) is 2. The van der Waals surface area contributed by atoms with Crippen molar-refractivity contribution in [2.45, 2.75) is 19.8 Å². The average molecular weight is 416 g/mol. The Morgan fingerprint density at radius 2 is 1.86 bits per heavy atom. The molecule has 29 heavy (non-hydrogen) atoms. The summed E-state index contributed by atoms with van der Waals surface area (Å²) in [6.07, 6.45) is 3.74. The van der Waals surface area contributed by atoms with Crippen molar-refractivity contribution in [2.24, 2.45) is 5.10 Å². The van der Waals surface area contributed by atoms with Gasteiger partial charge in [-0.2, -0.15) is 5.10 Å². The Morgan fingerprint density at radius 3 is 2.52 bits per heavy atom. The average Bonchev–Trinajstić information content (AvgIpc) is 2.74. The highest BCUT2D eigenvalue weighted by atomic mass is 32.1. The number of carbonyl (C=O) groups excluding carboxylic acids is 1. The largest absolute Gasteiger partial charge is 0.497 e. The molecular weight excluding hydrogens is 390 g/mol. The minimum Gasteiger partial charge on any atom is -0.497 e. The van der Waals surface area contributed by atoms with E-state index in [-0.39, 0.29) is 0 Å². The molecule has 0 aliphatic carbocycles. The lowest BCUT2D eigenvalue weighted by molar-refractivity contribution is 0.0729. The molecule has 0 atom stereocenters. The molecule has 0 fully saturated rings. The van der Waals surface area contributed by atoms with Crippen LogP contribution in [0.3, 0.4) is 0 Å². The van der Waals surface area contributed by atoms with E-state index in [1.165, 1.54) is 7.11 Å². The van der Waals surface area contributed by atoms with Crippen molar-refractivity contribution in [1.82, 2.24) is 10.7 Å². The fourth-order valence-electron chi connectivity index (χ4n) is 2.32. The van der Waals surface area contributed by atoms with Crippen molar-refractivity contribution >= 4 is 29.5 Å². The van der Waals surface area contributed by atoms with Gasteiger partial charge in [-0.05, 0) is 66.7 Å². The van der Waals surface area contributed by atoms with Gasteiger partial charge in [0.25, 0.3) is 0 Å². The maximum absolute atomic E-state index is 12.3. The molecule has 0 amide bonds. The molecule has 0 unspecified atom stereocenters. The third-order valence-corrected chi connectivity index (χ3v) is 4.15. The van der Waals surface area contributed by atoms with Gasteiger partial charge in [0.2, 0.25) is 0 Å². The first kappa shape index (κ1) is 22.2. The number of carbonyl (C=O) groups is 1. The van der Waals surface area contributed by atoms with Crippen LogP contribution in [0.15, 0.2) is 47.6 Å². The highest BCUT2D eigenvalue weighted by Crippen LogP contribution is 2.28. The lowest BCUT2D eigenvalue weighted by atomic mass is 10.2. The SMILES string of the molecule is CCCCNC(=S)NN=Cc1ccc(OC(=O)c2ccc(OC)cc2)c(OC)c1. The third-order valence-electron chi connectivity index (χ3n) is 3.91. The molecule has 0 aliphatic rings. The highest BCUT2D eigenvalue weighted by Gasteiger charge is 2.13. The summed E-state index contributed by atoms with van der Waals surface area (Å²) in [5.74, 6) is 0.906. The predicted octanol–water partition coefficient (Wildman–Crippen LogP) is 3.52. The first-order valence-corrected chi connectivity index (χ1v) is 9.59. The number of hydrazone groups is 1. The van der Waals surface area contributed by atoms with Gasteiger partial charge in [-0.15, -0.1) is 0 Å². The van der Waals surface area contributed by atoms with Gasteiger partial charge < -0.3 is 19.5 Å². The first-order chi connectivity index (χ1) is 14.1.